The van der Waals surface area contributed by atoms with E-state index >= 15 is 0 Å². The molecule has 1 heterocycles. The third-order valence-electron chi connectivity index (χ3n) is 3.33. The molecular weight excluding hydrogens is 397 g/mol. The summed E-state index contributed by atoms with van der Waals surface area (Å²) < 4.78 is 6.93. The number of nitrogens with one attached hydrogen (secondary N) is 1. The summed E-state index contributed by atoms with van der Waals surface area (Å²) in [5.74, 6) is 1.81. The Morgan fingerprint density at radius 2 is 1.57 bits per heavy atom. The van der Waals surface area contributed by atoms with Gasteiger partial charge < -0.3 is 9.73 Å². The highest BCUT2D eigenvalue weighted by molar-refractivity contribution is 9.10. The van der Waals surface area contributed by atoms with Crippen molar-refractivity contribution in [3.63, 3.8) is 0 Å². The lowest BCUT2D eigenvalue weighted by molar-refractivity contribution is 0.493. The largest absolute Gasteiger partial charge is 0.460 e. The van der Waals surface area contributed by atoms with Gasteiger partial charge in [-0.05, 0) is 42.0 Å². The van der Waals surface area contributed by atoms with Crippen LogP contribution in [0.4, 0.5) is 0 Å². The lowest BCUT2D eigenvalue weighted by Gasteiger charge is -2.03. The average Bonchev–Trinajstić information content (AvgIpc) is 2.99. The van der Waals surface area contributed by atoms with Gasteiger partial charge in [-0.1, -0.05) is 51.8 Å². The van der Waals surface area contributed by atoms with E-state index in [9.17, 15) is 0 Å². The van der Waals surface area contributed by atoms with Gasteiger partial charge >= 0.3 is 0 Å². The molecule has 5 heteroatoms. The molecular formula is C18H16BrCl2NO. The van der Waals surface area contributed by atoms with Crippen LogP contribution in [0.1, 0.15) is 11.3 Å². The van der Waals surface area contributed by atoms with Gasteiger partial charge in [-0.25, -0.2) is 0 Å². The Morgan fingerprint density at radius 1 is 0.870 bits per heavy atom. The Balaban J connectivity index is 0.00000192. The van der Waals surface area contributed by atoms with Gasteiger partial charge in [0.05, 0.1) is 6.54 Å². The molecule has 0 aliphatic carbocycles. The molecule has 23 heavy (non-hydrogen) atoms. The first-order valence-corrected chi connectivity index (χ1v) is 8.17. The van der Waals surface area contributed by atoms with E-state index in [1.165, 1.54) is 5.56 Å². The smallest absolute Gasteiger partial charge is 0.134 e. The summed E-state index contributed by atoms with van der Waals surface area (Å²) in [6, 6.07) is 19.9. The highest BCUT2D eigenvalue weighted by Crippen LogP contribution is 2.24. The van der Waals surface area contributed by atoms with E-state index in [-0.39, 0.29) is 12.4 Å². The van der Waals surface area contributed by atoms with Crippen LogP contribution >= 0.6 is 39.9 Å². The highest BCUT2D eigenvalue weighted by atomic mass is 79.9. The maximum absolute atomic E-state index is 5.87. The lowest BCUT2D eigenvalue weighted by atomic mass is 10.2. The number of hydrogen-bond acceptors (Lipinski definition) is 2. The van der Waals surface area contributed by atoms with Crippen LogP contribution in [0.5, 0.6) is 0 Å². The molecule has 0 spiro atoms. The first-order valence-electron chi connectivity index (χ1n) is 7.00. The van der Waals surface area contributed by atoms with Crippen molar-refractivity contribution in [1.82, 2.24) is 5.32 Å². The molecule has 0 saturated heterocycles. The second kappa shape index (κ2) is 8.55. The molecule has 0 atom stereocenters. The predicted octanol–water partition coefficient (Wildman–Crippen LogP) is 6.07. The van der Waals surface area contributed by atoms with E-state index in [1.54, 1.807) is 0 Å². The minimum atomic E-state index is 0. The molecule has 2 nitrogen and oxygen atoms in total. The van der Waals surface area contributed by atoms with Crippen molar-refractivity contribution in [1.29, 1.82) is 0 Å². The van der Waals surface area contributed by atoms with Gasteiger partial charge in [0, 0.05) is 21.6 Å². The van der Waals surface area contributed by atoms with Crippen molar-refractivity contribution >= 4 is 39.9 Å². The van der Waals surface area contributed by atoms with E-state index in [0.717, 1.165) is 33.1 Å². The first kappa shape index (κ1) is 18.1. The summed E-state index contributed by atoms with van der Waals surface area (Å²) in [7, 11) is 0. The van der Waals surface area contributed by atoms with Crippen molar-refractivity contribution in [2.45, 2.75) is 13.1 Å². The monoisotopic (exact) mass is 411 g/mol. The fourth-order valence-electron chi connectivity index (χ4n) is 2.17. The highest BCUT2D eigenvalue weighted by Gasteiger charge is 2.04. The van der Waals surface area contributed by atoms with Gasteiger partial charge in [-0.3, -0.25) is 0 Å². The van der Waals surface area contributed by atoms with Gasteiger partial charge in [0.25, 0.3) is 0 Å². The third-order valence-corrected chi connectivity index (χ3v) is 4.11. The van der Waals surface area contributed by atoms with Crippen molar-refractivity contribution in [3.05, 3.63) is 81.5 Å². The van der Waals surface area contributed by atoms with Crippen molar-refractivity contribution in [2.75, 3.05) is 0 Å². The second-order valence-corrected chi connectivity index (χ2v) is 6.35. The Kier molecular flexibility index (Phi) is 6.72. The normalized spacial score (nSPS) is 10.3. The zero-order chi connectivity index (χ0) is 15.4. The zero-order valence-corrected chi connectivity index (χ0v) is 15.4. The molecule has 0 aliphatic rings. The predicted molar refractivity (Wildman–Crippen MR) is 101 cm³/mol. The minimum absolute atomic E-state index is 0. The summed E-state index contributed by atoms with van der Waals surface area (Å²) in [5, 5.41) is 4.13. The molecule has 0 radical (unpaired) electrons. The molecule has 3 aromatic rings. The van der Waals surface area contributed by atoms with Crippen molar-refractivity contribution in [2.24, 2.45) is 0 Å². The summed E-state index contributed by atoms with van der Waals surface area (Å²) >= 11 is 9.31. The van der Waals surface area contributed by atoms with Gasteiger partial charge in [0.2, 0.25) is 0 Å². The van der Waals surface area contributed by atoms with Crippen LogP contribution in [-0.2, 0) is 13.1 Å². The Labute approximate surface area is 155 Å². The average molecular weight is 413 g/mol. The lowest BCUT2D eigenvalue weighted by Crippen LogP contribution is -2.11. The summed E-state index contributed by atoms with van der Waals surface area (Å²) in [6.45, 7) is 1.48. The van der Waals surface area contributed by atoms with E-state index in [0.29, 0.717) is 6.54 Å². The summed E-state index contributed by atoms with van der Waals surface area (Å²) in [4.78, 5) is 0. The fourth-order valence-corrected chi connectivity index (χ4v) is 2.56. The standard InChI is InChI=1S/C18H15BrClNO.ClH/c19-15-5-3-14(4-6-15)18-10-9-17(22-18)12-21-11-13-1-7-16(20)8-2-13;/h1-10,21H,11-12H2;1H. The van der Waals surface area contributed by atoms with Crippen LogP contribution < -0.4 is 5.32 Å². The quantitative estimate of drug-likeness (QED) is 0.549. The van der Waals surface area contributed by atoms with Gasteiger partial charge in [0.1, 0.15) is 11.5 Å². The molecule has 0 bridgehead atoms. The van der Waals surface area contributed by atoms with Crippen LogP contribution in [0.25, 0.3) is 11.3 Å². The summed E-state index contributed by atoms with van der Waals surface area (Å²) in [5.41, 5.74) is 2.27. The molecule has 3 rings (SSSR count). The number of rotatable bonds is 5. The molecule has 1 aromatic heterocycles. The SMILES string of the molecule is Cl.Clc1ccc(CNCc2ccc(-c3ccc(Br)cc3)o2)cc1. The van der Waals surface area contributed by atoms with E-state index in [4.69, 9.17) is 16.0 Å². The molecule has 1 N–H and O–H groups in total. The summed E-state index contributed by atoms with van der Waals surface area (Å²) in [6.07, 6.45) is 0. The van der Waals surface area contributed by atoms with Crippen molar-refractivity contribution < 1.29 is 4.42 Å². The molecule has 0 aliphatic heterocycles. The van der Waals surface area contributed by atoms with Gasteiger partial charge in [-0.2, -0.15) is 0 Å². The minimum Gasteiger partial charge on any atom is -0.460 e. The number of hydrogen-bond donors (Lipinski definition) is 1. The number of benzene rings is 2. The van der Waals surface area contributed by atoms with Crippen LogP contribution in [0, 0.1) is 0 Å². The van der Waals surface area contributed by atoms with E-state index in [1.807, 2.05) is 60.7 Å². The number of furan rings is 1. The number of halogens is 3. The van der Waals surface area contributed by atoms with Crippen molar-refractivity contribution in [3.8, 4) is 11.3 Å². The van der Waals surface area contributed by atoms with E-state index < -0.39 is 0 Å². The fraction of sp³-hybridized carbons (Fsp3) is 0.111. The van der Waals surface area contributed by atoms with Crippen LogP contribution in [0.3, 0.4) is 0 Å². The van der Waals surface area contributed by atoms with E-state index in [2.05, 4.69) is 21.2 Å². The Hall–Kier alpha value is -1.26. The molecule has 0 fully saturated rings. The maximum atomic E-state index is 5.87. The first-order chi connectivity index (χ1) is 10.7. The topological polar surface area (TPSA) is 25.2 Å². The maximum Gasteiger partial charge on any atom is 0.134 e. The molecule has 2 aromatic carbocycles. The van der Waals surface area contributed by atoms with Crippen LogP contribution in [0.2, 0.25) is 5.02 Å². The zero-order valence-electron chi connectivity index (χ0n) is 12.3. The second-order valence-electron chi connectivity index (χ2n) is 5.00. The molecule has 0 amide bonds. The Bertz CT molecular complexity index is 738. The van der Waals surface area contributed by atoms with Crippen LogP contribution in [0.15, 0.2) is 69.6 Å². The molecule has 0 saturated carbocycles. The Morgan fingerprint density at radius 3 is 2.26 bits per heavy atom. The van der Waals surface area contributed by atoms with Gasteiger partial charge in [-0.15, -0.1) is 12.4 Å². The molecule has 120 valence electrons. The third kappa shape index (κ3) is 5.11. The van der Waals surface area contributed by atoms with Crippen LogP contribution in [-0.4, -0.2) is 0 Å². The van der Waals surface area contributed by atoms with Gasteiger partial charge in [0.15, 0.2) is 0 Å². The molecule has 0 unspecified atom stereocenters.